The number of rotatable bonds is 4. The van der Waals surface area contributed by atoms with E-state index in [-0.39, 0.29) is 0 Å². The van der Waals surface area contributed by atoms with Crippen molar-refractivity contribution in [1.82, 2.24) is 0 Å². The minimum Gasteiger partial charge on any atom is -0.501 e. The number of hydrogen-bond donors (Lipinski definition) is 1. The fraction of sp³-hybridized carbons (Fsp3) is 0.273. The topological polar surface area (TPSA) is 55.8 Å². The first kappa shape index (κ1) is 14.3. The molecule has 0 aliphatic heterocycles. The van der Waals surface area contributed by atoms with Crippen molar-refractivity contribution in [2.45, 2.75) is 6.92 Å². The number of aliphatic hydroxyl groups excluding tert-OH is 1. The summed E-state index contributed by atoms with van der Waals surface area (Å²) in [6, 6.07) is 6.78. The van der Waals surface area contributed by atoms with Gasteiger partial charge in [0.05, 0.1) is 0 Å². The lowest BCUT2D eigenvalue weighted by atomic mass is 10.1. The largest absolute Gasteiger partial charge is 0.501 e. The molecule has 4 nitrogen and oxygen atoms in total. The number of benzene rings is 1. The molecule has 0 fully saturated rings. The summed E-state index contributed by atoms with van der Waals surface area (Å²) in [5, 5.41) is 10.5. The van der Waals surface area contributed by atoms with Gasteiger partial charge < -0.3 is 14.2 Å². The maximum Gasteiger partial charge on any atom is 0.395 e. The van der Waals surface area contributed by atoms with Crippen LogP contribution < -0.4 is 0 Å². The summed E-state index contributed by atoms with van der Waals surface area (Å²) in [5.74, 6) is 0. The molecule has 0 saturated carbocycles. The van der Waals surface area contributed by atoms with E-state index in [0.717, 1.165) is 0 Å². The lowest BCUT2D eigenvalue weighted by Gasteiger charge is -2.15. The molecule has 1 aromatic rings. The zero-order valence-corrected chi connectivity index (χ0v) is 11.5. The third-order valence-electron chi connectivity index (χ3n) is 2.35. The van der Waals surface area contributed by atoms with Crippen LogP contribution in [0.2, 0.25) is 5.02 Å². The minimum atomic E-state index is -3.60. The van der Waals surface area contributed by atoms with Crippen LogP contribution in [0.1, 0.15) is 12.5 Å². The molecular weight excluding hydrogens is 263 g/mol. The fourth-order valence-electron chi connectivity index (χ4n) is 1.28. The van der Waals surface area contributed by atoms with Gasteiger partial charge >= 0.3 is 7.60 Å². The number of aliphatic hydroxyl groups is 1. The van der Waals surface area contributed by atoms with Crippen molar-refractivity contribution in [2.24, 2.45) is 0 Å². The molecule has 0 atom stereocenters. The number of allylic oxidation sites excluding steroid dienone is 1. The van der Waals surface area contributed by atoms with E-state index < -0.39 is 13.1 Å². The SMILES string of the molecule is COP(=O)(OC)C(O)=C(C)c1ccc(Cl)cc1. The zero-order chi connectivity index (χ0) is 13.1. The van der Waals surface area contributed by atoms with E-state index >= 15 is 0 Å². The van der Waals surface area contributed by atoms with Crippen molar-refractivity contribution in [3.63, 3.8) is 0 Å². The number of hydrogen-bond acceptors (Lipinski definition) is 4. The second-order valence-corrected chi connectivity index (χ2v) is 5.90. The molecule has 6 heteroatoms. The quantitative estimate of drug-likeness (QED) is 0.665. The summed E-state index contributed by atoms with van der Waals surface area (Å²) in [6.45, 7) is 1.63. The Kier molecular flexibility index (Phi) is 4.78. The molecule has 0 unspecified atom stereocenters. The summed E-state index contributed by atoms with van der Waals surface area (Å²) < 4.78 is 21.4. The molecule has 0 amide bonds. The number of halogens is 1. The Labute approximate surface area is 105 Å². The maximum absolute atomic E-state index is 12.0. The molecule has 94 valence electrons. The van der Waals surface area contributed by atoms with Crippen molar-refractivity contribution in [3.05, 3.63) is 40.4 Å². The van der Waals surface area contributed by atoms with Crippen LogP contribution in [0.5, 0.6) is 0 Å². The van der Waals surface area contributed by atoms with E-state index in [2.05, 4.69) is 0 Å². The van der Waals surface area contributed by atoms with Crippen molar-refractivity contribution in [3.8, 4) is 0 Å². The third-order valence-corrected chi connectivity index (χ3v) is 4.42. The first-order chi connectivity index (χ1) is 7.94. The molecule has 0 bridgehead atoms. The van der Waals surface area contributed by atoms with Crippen LogP contribution in [0.4, 0.5) is 0 Å². The van der Waals surface area contributed by atoms with Crippen LogP contribution in [0.15, 0.2) is 29.8 Å². The summed E-state index contributed by atoms with van der Waals surface area (Å²) >= 11 is 5.76. The molecule has 0 radical (unpaired) electrons. The van der Waals surface area contributed by atoms with E-state index in [1.54, 1.807) is 31.2 Å². The van der Waals surface area contributed by atoms with Gasteiger partial charge in [-0.15, -0.1) is 0 Å². The molecular formula is C11H14ClO4P. The van der Waals surface area contributed by atoms with Gasteiger partial charge in [-0.05, 0) is 24.6 Å². The van der Waals surface area contributed by atoms with E-state index in [1.165, 1.54) is 14.2 Å². The summed E-state index contributed by atoms with van der Waals surface area (Å²) in [5.41, 5.74) is 0.722. The van der Waals surface area contributed by atoms with Crippen LogP contribution >= 0.6 is 19.2 Å². The second-order valence-electron chi connectivity index (χ2n) is 3.32. The molecule has 17 heavy (non-hydrogen) atoms. The highest BCUT2D eigenvalue weighted by Crippen LogP contribution is 2.55. The lowest BCUT2D eigenvalue weighted by Crippen LogP contribution is -1.95. The van der Waals surface area contributed by atoms with Crippen molar-refractivity contribution in [1.29, 1.82) is 0 Å². The van der Waals surface area contributed by atoms with E-state index in [9.17, 15) is 9.67 Å². The Morgan fingerprint density at radius 1 is 1.24 bits per heavy atom. The Bertz CT molecular complexity index is 459. The van der Waals surface area contributed by atoms with E-state index in [4.69, 9.17) is 20.6 Å². The summed E-state index contributed by atoms with van der Waals surface area (Å²) in [7, 11) is -1.17. The lowest BCUT2D eigenvalue weighted by molar-refractivity contribution is 0.262. The minimum absolute atomic E-state index is 0.398. The first-order valence-electron chi connectivity index (χ1n) is 4.82. The molecule has 1 aromatic carbocycles. The highest BCUT2D eigenvalue weighted by molar-refractivity contribution is 7.58. The van der Waals surface area contributed by atoms with Gasteiger partial charge in [-0.1, -0.05) is 23.7 Å². The molecule has 0 spiro atoms. The van der Waals surface area contributed by atoms with Gasteiger partial charge in [0, 0.05) is 24.8 Å². The van der Waals surface area contributed by atoms with E-state index in [0.29, 0.717) is 16.2 Å². The molecule has 0 aliphatic rings. The molecule has 1 N–H and O–H groups in total. The fourth-order valence-corrected chi connectivity index (χ4v) is 2.44. The third kappa shape index (κ3) is 3.11. The van der Waals surface area contributed by atoms with Crippen molar-refractivity contribution < 1.29 is 18.7 Å². The Morgan fingerprint density at radius 2 is 1.71 bits per heavy atom. The molecule has 1 rings (SSSR count). The predicted molar refractivity (Wildman–Crippen MR) is 68.3 cm³/mol. The summed E-state index contributed by atoms with van der Waals surface area (Å²) in [6.07, 6.45) is 0. The second kappa shape index (κ2) is 5.69. The van der Waals surface area contributed by atoms with Crippen molar-refractivity contribution >= 4 is 24.8 Å². The van der Waals surface area contributed by atoms with Crippen molar-refractivity contribution in [2.75, 3.05) is 14.2 Å². The standard InChI is InChI=1S/C11H14ClO4P/c1-8(9-4-6-10(12)7-5-9)11(13)17(14,15-2)16-3/h4-7,13H,1-3H3. The van der Waals surface area contributed by atoms with Gasteiger partial charge in [0.1, 0.15) is 0 Å². The molecule has 0 aliphatic carbocycles. The average molecular weight is 277 g/mol. The Balaban J connectivity index is 3.21. The van der Waals surface area contributed by atoms with Crippen LogP contribution in [0.25, 0.3) is 5.57 Å². The van der Waals surface area contributed by atoms with Gasteiger partial charge in [-0.3, -0.25) is 4.57 Å². The average Bonchev–Trinajstić information content (AvgIpc) is 2.37. The highest BCUT2D eigenvalue weighted by Gasteiger charge is 2.29. The van der Waals surface area contributed by atoms with Crippen LogP contribution in [0.3, 0.4) is 0 Å². The normalized spacial score (nSPS) is 13.4. The van der Waals surface area contributed by atoms with Crippen LogP contribution in [-0.2, 0) is 13.6 Å². The van der Waals surface area contributed by atoms with Gasteiger partial charge in [0.25, 0.3) is 0 Å². The van der Waals surface area contributed by atoms with Gasteiger partial charge in [0.15, 0.2) is 0 Å². The Hall–Kier alpha value is -0.800. The Morgan fingerprint density at radius 3 is 2.12 bits per heavy atom. The maximum atomic E-state index is 12.0. The predicted octanol–water partition coefficient (Wildman–Crippen LogP) is 4.07. The summed E-state index contributed by atoms with van der Waals surface area (Å²) in [4.78, 5) is 0. The molecule has 0 saturated heterocycles. The van der Waals surface area contributed by atoms with E-state index in [1.807, 2.05) is 0 Å². The smallest absolute Gasteiger partial charge is 0.395 e. The van der Waals surface area contributed by atoms with Crippen LogP contribution in [0, 0.1) is 0 Å². The zero-order valence-electron chi connectivity index (χ0n) is 9.81. The first-order valence-corrected chi connectivity index (χ1v) is 6.74. The molecule has 0 aromatic heterocycles. The van der Waals surface area contributed by atoms with Gasteiger partial charge in [0.2, 0.25) is 5.50 Å². The highest BCUT2D eigenvalue weighted by atomic mass is 35.5. The van der Waals surface area contributed by atoms with Crippen LogP contribution in [-0.4, -0.2) is 19.3 Å². The monoisotopic (exact) mass is 276 g/mol. The molecule has 0 heterocycles. The van der Waals surface area contributed by atoms with Gasteiger partial charge in [-0.25, -0.2) is 0 Å². The van der Waals surface area contributed by atoms with Gasteiger partial charge in [-0.2, -0.15) is 0 Å².